The number of ether oxygens (including phenoxy) is 4. The zero-order valence-corrected chi connectivity index (χ0v) is 15.9. The van der Waals surface area contributed by atoms with E-state index in [0.29, 0.717) is 17.2 Å². The molecule has 0 spiro atoms. The Hall–Kier alpha value is -3.26. The van der Waals surface area contributed by atoms with Crippen LogP contribution in [0.1, 0.15) is 15.9 Å². The fraction of sp³-hybridized carbons (Fsp3) is 0.300. The van der Waals surface area contributed by atoms with Gasteiger partial charge in [0, 0.05) is 12.7 Å². The zero-order chi connectivity index (χ0) is 20.5. The molecule has 150 valence electrons. The molecule has 2 rings (SSSR count). The highest BCUT2D eigenvalue weighted by molar-refractivity contribution is 5.97. The van der Waals surface area contributed by atoms with Crippen molar-refractivity contribution in [2.45, 2.75) is 12.6 Å². The number of aliphatic carboxylic acids is 1. The summed E-state index contributed by atoms with van der Waals surface area (Å²) in [7, 11) is 4.24. The first kappa shape index (κ1) is 21.0. The molecule has 0 bridgehead atoms. The van der Waals surface area contributed by atoms with Crippen molar-refractivity contribution in [3.8, 4) is 17.2 Å². The van der Waals surface area contributed by atoms with Crippen molar-refractivity contribution in [3.05, 3.63) is 53.6 Å². The van der Waals surface area contributed by atoms with E-state index in [4.69, 9.17) is 24.1 Å². The first-order valence-electron chi connectivity index (χ1n) is 8.45. The average Bonchev–Trinajstić information content (AvgIpc) is 2.71. The van der Waals surface area contributed by atoms with Gasteiger partial charge in [0.2, 0.25) is 5.75 Å². The topological polar surface area (TPSA) is 103 Å². The molecule has 0 fully saturated rings. The second-order valence-electron chi connectivity index (χ2n) is 5.80. The van der Waals surface area contributed by atoms with Gasteiger partial charge in [-0.3, -0.25) is 4.79 Å². The van der Waals surface area contributed by atoms with Crippen LogP contribution >= 0.6 is 0 Å². The molecule has 1 amide bonds. The van der Waals surface area contributed by atoms with E-state index in [1.807, 2.05) is 30.3 Å². The van der Waals surface area contributed by atoms with Crippen LogP contribution in [0.25, 0.3) is 0 Å². The van der Waals surface area contributed by atoms with E-state index >= 15 is 0 Å². The lowest BCUT2D eigenvalue weighted by molar-refractivity contribution is -0.140. The summed E-state index contributed by atoms with van der Waals surface area (Å²) in [5.41, 5.74) is 1.13. The highest BCUT2D eigenvalue weighted by Gasteiger charge is 2.23. The third kappa shape index (κ3) is 5.37. The third-order valence-electron chi connectivity index (χ3n) is 3.89. The van der Waals surface area contributed by atoms with Gasteiger partial charge in [-0.25, -0.2) is 4.79 Å². The van der Waals surface area contributed by atoms with E-state index in [2.05, 4.69) is 5.32 Å². The number of carbonyl (C=O) groups is 2. The van der Waals surface area contributed by atoms with Crippen molar-refractivity contribution in [1.82, 2.24) is 5.32 Å². The molecule has 2 aromatic rings. The number of benzene rings is 2. The Balaban J connectivity index is 2.25. The number of carboxylic acids is 1. The van der Waals surface area contributed by atoms with Crippen LogP contribution in [0.3, 0.4) is 0 Å². The molecular weight excluding hydrogens is 366 g/mol. The maximum atomic E-state index is 12.5. The van der Waals surface area contributed by atoms with Crippen molar-refractivity contribution in [2.75, 3.05) is 27.9 Å². The second-order valence-corrected chi connectivity index (χ2v) is 5.80. The number of carbonyl (C=O) groups excluding carboxylic acids is 1. The lowest BCUT2D eigenvalue weighted by atomic mass is 10.1. The Morgan fingerprint density at radius 2 is 1.64 bits per heavy atom. The van der Waals surface area contributed by atoms with Gasteiger partial charge in [-0.05, 0) is 17.7 Å². The minimum Gasteiger partial charge on any atom is -0.493 e. The predicted molar refractivity (Wildman–Crippen MR) is 101 cm³/mol. The zero-order valence-electron chi connectivity index (χ0n) is 15.9. The van der Waals surface area contributed by atoms with Crippen LogP contribution in [-0.2, 0) is 16.1 Å². The number of hydrogen-bond donors (Lipinski definition) is 2. The lowest BCUT2D eigenvalue weighted by Gasteiger charge is -2.17. The van der Waals surface area contributed by atoms with Gasteiger partial charge >= 0.3 is 5.97 Å². The van der Waals surface area contributed by atoms with Gasteiger partial charge in [-0.1, -0.05) is 30.3 Å². The van der Waals surface area contributed by atoms with Gasteiger partial charge < -0.3 is 29.4 Å². The molecule has 0 aromatic heterocycles. The minimum absolute atomic E-state index is 0.159. The molecule has 8 nitrogen and oxygen atoms in total. The Morgan fingerprint density at radius 1 is 1.04 bits per heavy atom. The normalized spacial score (nSPS) is 11.4. The summed E-state index contributed by atoms with van der Waals surface area (Å²) in [6.45, 7) is 0.127. The van der Waals surface area contributed by atoms with Gasteiger partial charge in [-0.15, -0.1) is 0 Å². The molecule has 8 heteroatoms. The number of carboxylic acid groups (broad SMARTS) is 1. The smallest absolute Gasteiger partial charge is 0.328 e. The van der Waals surface area contributed by atoms with E-state index in [1.54, 1.807) is 0 Å². The van der Waals surface area contributed by atoms with Gasteiger partial charge in [-0.2, -0.15) is 0 Å². The fourth-order valence-electron chi connectivity index (χ4n) is 2.47. The van der Waals surface area contributed by atoms with Crippen molar-refractivity contribution < 1.29 is 33.6 Å². The fourth-order valence-corrected chi connectivity index (χ4v) is 2.47. The number of amides is 1. The second kappa shape index (κ2) is 10.2. The summed E-state index contributed by atoms with van der Waals surface area (Å²) in [6, 6.07) is 11.3. The SMILES string of the molecule is COCC(NC(=O)c1cc(OC)c(OCc2ccccc2)c(OC)c1)C(=O)O. The molecule has 28 heavy (non-hydrogen) atoms. The predicted octanol–water partition coefficient (Wildman–Crippen LogP) is 2.11. The standard InChI is InChI=1S/C20H23NO7/c1-25-12-15(20(23)24)21-19(22)14-9-16(26-2)18(17(10-14)27-3)28-11-13-7-5-4-6-8-13/h4-10,15H,11-12H2,1-3H3,(H,21,22)(H,23,24). The Bertz CT molecular complexity index is 782. The summed E-state index contributed by atoms with van der Waals surface area (Å²) in [5, 5.41) is 11.6. The van der Waals surface area contributed by atoms with Crippen molar-refractivity contribution in [1.29, 1.82) is 0 Å². The highest BCUT2D eigenvalue weighted by atomic mass is 16.5. The lowest BCUT2D eigenvalue weighted by Crippen LogP contribution is -2.43. The molecule has 0 saturated carbocycles. The molecular formula is C20H23NO7. The van der Waals surface area contributed by atoms with E-state index in [-0.39, 0.29) is 18.8 Å². The first-order valence-corrected chi connectivity index (χ1v) is 8.45. The number of hydrogen-bond acceptors (Lipinski definition) is 6. The first-order chi connectivity index (χ1) is 13.5. The largest absolute Gasteiger partial charge is 0.493 e. The van der Waals surface area contributed by atoms with E-state index in [1.165, 1.54) is 33.5 Å². The van der Waals surface area contributed by atoms with E-state index in [9.17, 15) is 9.59 Å². The van der Waals surface area contributed by atoms with Crippen LogP contribution in [-0.4, -0.2) is 51.0 Å². The van der Waals surface area contributed by atoms with E-state index in [0.717, 1.165) is 5.56 Å². The molecule has 0 aliphatic carbocycles. The Morgan fingerprint density at radius 3 is 2.14 bits per heavy atom. The number of rotatable bonds is 10. The van der Waals surface area contributed by atoms with Crippen LogP contribution < -0.4 is 19.5 Å². The summed E-state index contributed by atoms with van der Waals surface area (Å²) in [4.78, 5) is 23.7. The molecule has 1 unspecified atom stereocenters. The molecule has 0 heterocycles. The van der Waals surface area contributed by atoms with Crippen molar-refractivity contribution >= 4 is 11.9 Å². The van der Waals surface area contributed by atoms with Gasteiger partial charge in [0.15, 0.2) is 17.5 Å². The average molecular weight is 389 g/mol. The molecule has 0 saturated heterocycles. The summed E-state index contributed by atoms with van der Waals surface area (Å²) in [5.74, 6) is -0.872. The third-order valence-corrected chi connectivity index (χ3v) is 3.89. The van der Waals surface area contributed by atoms with Crippen LogP contribution in [0.5, 0.6) is 17.2 Å². The number of nitrogens with one attached hydrogen (secondary N) is 1. The maximum Gasteiger partial charge on any atom is 0.328 e. The molecule has 0 aliphatic heterocycles. The highest BCUT2D eigenvalue weighted by Crippen LogP contribution is 2.39. The Labute approximate surface area is 163 Å². The minimum atomic E-state index is -1.20. The molecule has 1 atom stereocenters. The van der Waals surface area contributed by atoms with Crippen LogP contribution in [0.15, 0.2) is 42.5 Å². The maximum absolute atomic E-state index is 12.5. The summed E-state index contributed by atoms with van der Waals surface area (Å²) < 4.78 is 21.3. The Kier molecular flexibility index (Phi) is 7.65. The summed E-state index contributed by atoms with van der Waals surface area (Å²) >= 11 is 0. The quantitative estimate of drug-likeness (QED) is 0.641. The molecule has 0 aliphatic rings. The van der Waals surface area contributed by atoms with Gasteiger partial charge in [0.1, 0.15) is 6.61 Å². The van der Waals surface area contributed by atoms with Crippen molar-refractivity contribution in [2.24, 2.45) is 0 Å². The number of methoxy groups -OCH3 is 3. The molecule has 2 N–H and O–H groups in total. The van der Waals surface area contributed by atoms with Gasteiger partial charge in [0.25, 0.3) is 5.91 Å². The van der Waals surface area contributed by atoms with E-state index < -0.39 is 17.9 Å². The molecule has 0 radical (unpaired) electrons. The van der Waals surface area contributed by atoms with Gasteiger partial charge in [0.05, 0.1) is 20.8 Å². The van der Waals surface area contributed by atoms with Crippen LogP contribution in [0, 0.1) is 0 Å². The molecule has 2 aromatic carbocycles. The van der Waals surface area contributed by atoms with Crippen LogP contribution in [0.4, 0.5) is 0 Å². The summed E-state index contributed by atoms with van der Waals surface area (Å²) in [6.07, 6.45) is 0. The van der Waals surface area contributed by atoms with Crippen molar-refractivity contribution in [3.63, 3.8) is 0 Å². The monoisotopic (exact) mass is 389 g/mol. The van der Waals surface area contributed by atoms with Crippen LogP contribution in [0.2, 0.25) is 0 Å².